The zero-order valence-electron chi connectivity index (χ0n) is 18.3. The first-order valence-corrected chi connectivity index (χ1v) is 11.8. The fraction of sp³-hybridized carbons (Fsp3) is 0.478. The maximum Gasteiger partial charge on any atom is 0.297 e. The summed E-state index contributed by atoms with van der Waals surface area (Å²) in [6.45, 7) is 5.22. The molecule has 2 fully saturated rings. The molecule has 2 aromatic carbocycles. The molecule has 0 bridgehead atoms. The molecule has 32 heavy (non-hydrogen) atoms. The molecule has 0 aliphatic carbocycles. The summed E-state index contributed by atoms with van der Waals surface area (Å²) in [5, 5.41) is 10.8. The van der Waals surface area contributed by atoms with Crippen molar-refractivity contribution in [3.63, 3.8) is 0 Å². The highest BCUT2D eigenvalue weighted by atomic mass is 32.2. The Morgan fingerprint density at radius 3 is 2.41 bits per heavy atom. The molecule has 2 aliphatic rings. The molecule has 0 saturated carbocycles. The minimum atomic E-state index is -4.01. The molecule has 2 saturated heterocycles. The quantitative estimate of drug-likeness (QED) is 0.595. The van der Waals surface area contributed by atoms with E-state index in [1.54, 1.807) is 26.0 Å². The van der Waals surface area contributed by atoms with Gasteiger partial charge in [-0.05, 0) is 38.5 Å². The lowest BCUT2D eigenvalue weighted by atomic mass is 10.1. The topological polar surface area (TPSA) is 101 Å². The number of benzene rings is 2. The van der Waals surface area contributed by atoms with Crippen molar-refractivity contribution in [3.8, 4) is 0 Å². The van der Waals surface area contributed by atoms with E-state index in [0.29, 0.717) is 6.61 Å². The van der Waals surface area contributed by atoms with Gasteiger partial charge in [0.25, 0.3) is 10.1 Å². The largest absolute Gasteiger partial charge is 0.387 e. The number of aliphatic hydroxyl groups excluding tert-OH is 1. The summed E-state index contributed by atoms with van der Waals surface area (Å²) in [6.07, 6.45) is -2.99. The highest BCUT2D eigenvalue weighted by Crippen LogP contribution is 2.46. The first-order valence-electron chi connectivity index (χ1n) is 10.4. The molecule has 0 amide bonds. The Hall–Kier alpha value is -1.85. The third kappa shape index (κ3) is 4.89. The monoisotopic (exact) mass is 464 g/mol. The van der Waals surface area contributed by atoms with Gasteiger partial charge in [0, 0.05) is 0 Å². The normalized spacial score (nSPS) is 29.2. The van der Waals surface area contributed by atoms with Crippen LogP contribution in [0.5, 0.6) is 0 Å². The lowest BCUT2D eigenvalue weighted by Gasteiger charge is -2.28. The second-order valence-corrected chi connectivity index (χ2v) is 10.1. The molecule has 1 N–H and O–H groups in total. The van der Waals surface area contributed by atoms with Gasteiger partial charge >= 0.3 is 0 Å². The highest BCUT2D eigenvalue weighted by Gasteiger charge is 2.65. The predicted molar refractivity (Wildman–Crippen MR) is 114 cm³/mol. The molecule has 0 radical (unpaired) electrons. The van der Waals surface area contributed by atoms with Crippen molar-refractivity contribution in [3.05, 3.63) is 65.7 Å². The molecule has 2 heterocycles. The molecule has 2 aromatic rings. The van der Waals surface area contributed by atoms with Crippen molar-refractivity contribution in [2.75, 3.05) is 13.2 Å². The van der Waals surface area contributed by atoms with Crippen LogP contribution in [0.15, 0.2) is 59.5 Å². The summed E-state index contributed by atoms with van der Waals surface area (Å²) < 4.78 is 53.9. The lowest BCUT2D eigenvalue weighted by molar-refractivity contribution is -0.281. The van der Waals surface area contributed by atoms with Crippen LogP contribution in [0.4, 0.5) is 0 Å². The van der Waals surface area contributed by atoms with E-state index in [4.69, 9.17) is 23.1 Å². The fourth-order valence-electron chi connectivity index (χ4n) is 3.93. The van der Waals surface area contributed by atoms with Crippen LogP contribution < -0.4 is 0 Å². The predicted octanol–water partition coefficient (Wildman–Crippen LogP) is 2.52. The number of ether oxygens (including phenoxy) is 4. The van der Waals surface area contributed by atoms with E-state index in [0.717, 1.165) is 11.1 Å². The van der Waals surface area contributed by atoms with E-state index in [-0.39, 0.29) is 18.1 Å². The van der Waals surface area contributed by atoms with Gasteiger partial charge in [0.2, 0.25) is 5.79 Å². The van der Waals surface area contributed by atoms with Crippen molar-refractivity contribution in [2.45, 2.75) is 62.2 Å². The first-order chi connectivity index (χ1) is 15.1. The summed E-state index contributed by atoms with van der Waals surface area (Å²) >= 11 is 0. The summed E-state index contributed by atoms with van der Waals surface area (Å²) in [6, 6.07) is 15.9. The molecule has 9 heteroatoms. The Morgan fingerprint density at radius 1 is 1.03 bits per heavy atom. The van der Waals surface area contributed by atoms with Gasteiger partial charge in [-0.2, -0.15) is 8.42 Å². The van der Waals surface area contributed by atoms with E-state index in [2.05, 4.69) is 0 Å². The maximum absolute atomic E-state index is 12.5. The zero-order chi connectivity index (χ0) is 23.0. The molecule has 2 aliphatic heterocycles. The Balaban J connectivity index is 1.43. The van der Waals surface area contributed by atoms with Crippen LogP contribution in [0.3, 0.4) is 0 Å². The molecule has 174 valence electrons. The van der Waals surface area contributed by atoms with Crippen molar-refractivity contribution in [2.24, 2.45) is 0 Å². The molecule has 0 spiro atoms. The van der Waals surface area contributed by atoms with Gasteiger partial charge in [-0.25, -0.2) is 0 Å². The van der Waals surface area contributed by atoms with Crippen molar-refractivity contribution >= 4 is 10.1 Å². The van der Waals surface area contributed by atoms with Crippen LogP contribution in [0.25, 0.3) is 0 Å². The SMILES string of the molecule is Cc1ccc(S(=O)(=O)OCC2OC3(COCc4ccccc4)OC(C)(C)OC3C2O)cc1. The van der Waals surface area contributed by atoms with Crippen molar-refractivity contribution < 1.29 is 36.7 Å². The minimum absolute atomic E-state index is 0.00569. The van der Waals surface area contributed by atoms with Crippen molar-refractivity contribution in [1.29, 1.82) is 0 Å². The Labute approximate surface area is 188 Å². The summed E-state index contributed by atoms with van der Waals surface area (Å²) in [4.78, 5) is 0.0327. The van der Waals surface area contributed by atoms with E-state index < -0.39 is 40.0 Å². The number of aryl methyl sites for hydroxylation is 1. The Bertz CT molecular complexity index is 1020. The molecule has 4 unspecified atom stereocenters. The van der Waals surface area contributed by atoms with Crippen LogP contribution >= 0.6 is 0 Å². The number of aliphatic hydroxyl groups is 1. The van der Waals surface area contributed by atoms with Gasteiger partial charge in [-0.1, -0.05) is 48.0 Å². The summed E-state index contributed by atoms with van der Waals surface area (Å²) in [7, 11) is -4.01. The van der Waals surface area contributed by atoms with Crippen LogP contribution in [-0.4, -0.2) is 56.6 Å². The third-order valence-corrected chi connectivity index (χ3v) is 6.71. The van der Waals surface area contributed by atoms with Gasteiger partial charge in [-0.15, -0.1) is 0 Å². The summed E-state index contributed by atoms with van der Waals surface area (Å²) in [5.74, 6) is -2.37. The molecular formula is C23H28O8S. The minimum Gasteiger partial charge on any atom is -0.387 e. The van der Waals surface area contributed by atoms with Gasteiger partial charge < -0.3 is 24.1 Å². The average Bonchev–Trinajstić information content (AvgIpc) is 3.15. The number of fused-ring (bicyclic) bond motifs is 1. The Kier molecular flexibility index (Phi) is 6.43. The van der Waals surface area contributed by atoms with Gasteiger partial charge in [-0.3, -0.25) is 4.18 Å². The van der Waals surface area contributed by atoms with E-state index in [1.165, 1.54) is 12.1 Å². The molecule has 4 atom stereocenters. The number of hydrogen-bond donors (Lipinski definition) is 1. The van der Waals surface area contributed by atoms with E-state index in [1.807, 2.05) is 37.3 Å². The Morgan fingerprint density at radius 2 is 1.72 bits per heavy atom. The third-order valence-electron chi connectivity index (χ3n) is 5.42. The van der Waals surface area contributed by atoms with E-state index >= 15 is 0 Å². The number of rotatable bonds is 8. The standard InChI is InChI=1S/C23H28O8S/c1-16-9-11-18(12-10-16)32(25,26)28-14-19-20(24)21-23(29-19,31-22(2,3)30-21)15-27-13-17-7-5-4-6-8-17/h4-12,19-21,24H,13-15H2,1-3H3. The van der Waals surface area contributed by atoms with Gasteiger partial charge in [0.05, 0.1) is 18.1 Å². The average molecular weight is 465 g/mol. The molecule has 8 nitrogen and oxygen atoms in total. The van der Waals surface area contributed by atoms with Crippen LogP contribution in [0.2, 0.25) is 0 Å². The van der Waals surface area contributed by atoms with E-state index in [9.17, 15) is 13.5 Å². The molecule has 0 aromatic heterocycles. The van der Waals surface area contributed by atoms with Crippen LogP contribution in [0, 0.1) is 6.92 Å². The zero-order valence-corrected chi connectivity index (χ0v) is 19.1. The fourth-order valence-corrected chi connectivity index (χ4v) is 4.85. The van der Waals surface area contributed by atoms with Gasteiger partial charge in [0.1, 0.15) is 24.9 Å². The van der Waals surface area contributed by atoms with Gasteiger partial charge in [0.15, 0.2) is 5.79 Å². The molecular weight excluding hydrogens is 436 g/mol. The van der Waals surface area contributed by atoms with Crippen LogP contribution in [-0.2, 0) is 39.9 Å². The second-order valence-electron chi connectivity index (χ2n) is 8.53. The van der Waals surface area contributed by atoms with Crippen molar-refractivity contribution in [1.82, 2.24) is 0 Å². The molecule has 4 rings (SSSR count). The maximum atomic E-state index is 12.5. The number of hydrogen-bond acceptors (Lipinski definition) is 8. The first kappa shape index (κ1) is 23.3. The van der Waals surface area contributed by atoms with Crippen LogP contribution in [0.1, 0.15) is 25.0 Å². The lowest BCUT2D eigenvalue weighted by Crippen LogP contribution is -2.44. The second kappa shape index (κ2) is 8.83. The highest BCUT2D eigenvalue weighted by molar-refractivity contribution is 7.86. The smallest absolute Gasteiger partial charge is 0.297 e. The summed E-state index contributed by atoms with van der Waals surface area (Å²) in [5.41, 5.74) is 1.90.